The van der Waals surface area contributed by atoms with Crippen molar-refractivity contribution in [1.29, 1.82) is 0 Å². The van der Waals surface area contributed by atoms with Crippen molar-refractivity contribution in [2.45, 2.75) is 31.8 Å². The molecular formula is C13H14BrNOS. The van der Waals surface area contributed by atoms with Gasteiger partial charge in [-0.1, -0.05) is 0 Å². The average Bonchev–Trinajstić information content (AvgIpc) is 2.94. The van der Waals surface area contributed by atoms with Crippen molar-refractivity contribution >= 4 is 27.3 Å². The first-order valence-electron chi connectivity index (χ1n) is 5.85. The second kappa shape index (κ2) is 4.96. The minimum atomic E-state index is 0.457. The molecule has 1 unspecified atom stereocenters. The number of rotatable bonds is 3. The van der Waals surface area contributed by atoms with E-state index in [1.54, 1.807) is 11.3 Å². The Kier molecular flexibility index (Phi) is 3.36. The van der Waals surface area contributed by atoms with Crippen molar-refractivity contribution in [1.82, 2.24) is 5.32 Å². The van der Waals surface area contributed by atoms with Crippen molar-refractivity contribution in [3.63, 3.8) is 0 Å². The Labute approximate surface area is 113 Å². The maximum atomic E-state index is 5.50. The molecule has 0 amide bonds. The van der Waals surface area contributed by atoms with Crippen LogP contribution in [-0.2, 0) is 13.0 Å². The van der Waals surface area contributed by atoms with Gasteiger partial charge in [0.05, 0.1) is 6.26 Å². The van der Waals surface area contributed by atoms with Crippen LogP contribution < -0.4 is 5.32 Å². The summed E-state index contributed by atoms with van der Waals surface area (Å²) in [7, 11) is 0. The van der Waals surface area contributed by atoms with Crippen LogP contribution in [0.2, 0.25) is 0 Å². The highest BCUT2D eigenvalue weighted by atomic mass is 79.9. The standard InChI is InChI=1S/C13H14BrNOS/c14-9-6-10(17-8-9)7-15-12-2-1-3-13-11(12)4-5-16-13/h4-6,8,12,15H,1-3,7H2. The molecule has 0 radical (unpaired) electrons. The second-order valence-corrected chi connectivity index (χ2v) is 6.27. The van der Waals surface area contributed by atoms with E-state index in [1.165, 1.54) is 33.5 Å². The van der Waals surface area contributed by atoms with Gasteiger partial charge in [-0.3, -0.25) is 0 Å². The van der Waals surface area contributed by atoms with Crippen LogP contribution in [0.1, 0.15) is 35.1 Å². The molecule has 2 nitrogen and oxygen atoms in total. The van der Waals surface area contributed by atoms with Gasteiger partial charge in [-0.15, -0.1) is 11.3 Å². The molecule has 0 aromatic carbocycles. The Balaban J connectivity index is 1.67. The quantitative estimate of drug-likeness (QED) is 0.915. The third-order valence-electron chi connectivity index (χ3n) is 3.20. The van der Waals surface area contributed by atoms with Crippen LogP contribution in [-0.4, -0.2) is 0 Å². The fourth-order valence-electron chi connectivity index (χ4n) is 2.37. The van der Waals surface area contributed by atoms with Gasteiger partial charge in [0, 0.05) is 39.3 Å². The molecule has 2 aromatic heterocycles. The van der Waals surface area contributed by atoms with Crippen LogP contribution in [0, 0.1) is 0 Å². The van der Waals surface area contributed by atoms with Gasteiger partial charge in [0.1, 0.15) is 5.76 Å². The molecule has 3 rings (SSSR count). The average molecular weight is 312 g/mol. The van der Waals surface area contributed by atoms with Crippen LogP contribution >= 0.6 is 27.3 Å². The second-order valence-electron chi connectivity index (χ2n) is 4.36. The van der Waals surface area contributed by atoms with Gasteiger partial charge in [0.25, 0.3) is 0 Å². The smallest absolute Gasteiger partial charge is 0.108 e. The van der Waals surface area contributed by atoms with E-state index in [-0.39, 0.29) is 0 Å². The lowest BCUT2D eigenvalue weighted by Gasteiger charge is -2.22. The van der Waals surface area contributed by atoms with E-state index in [0.29, 0.717) is 6.04 Å². The third-order valence-corrected chi connectivity index (χ3v) is 4.89. The van der Waals surface area contributed by atoms with Gasteiger partial charge in [-0.05, 0) is 40.9 Å². The lowest BCUT2D eigenvalue weighted by atomic mass is 9.93. The number of halogens is 1. The summed E-state index contributed by atoms with van der Waals surface area (Å²) in [6.45, 7) is 0.936. The zero-order valence-electron chi connectivity index (χ0n) is 9.41. The summed E-state index contributed by atoms with van der Waals surface area (Å²) in [6, 6.07) is 4.74. The van der Waals surface area contributed by atoms with Crippen molar-refractivity contribution in [2.24, 2.45) is 0 Å². The molecule has 0 fully saturated rings. The van der Waals surface area contributed by atoms with E-state index in [9.17, 15) is 0 Å². The van der Waals surface area contributed by atoms with E-state index in [1.807, 2.05) is 6.26 Å². The molecule has 2 heterocycles. The van der Waals surface area contributed by atoms with Crippen LogP contribution in [0.15, 0.2) is 32.7 Å². The summed E-state index contributed by atoms with van der Waals surface area (Å²) in [5, 5.41) is 5.75. The summed E-state index contributed by atoms with van der Waals surface area (Å²) in [5.74, 6) is 1.17. The fourth-order valence-corrected chi connectivity index (χ4v) is 3.77. The number of thiophene rings is 1. The predicted octanol–water partition coefficient (Wildman–Crippen LogP) is 4.27. The molecule has 0 spiro atoms. The predicted molar refractivity (Wildman–Crippen MR) is 73.2 cm³/mol. The molecular weight excluding hydrogens is 298 g/mol. The van der Waals surface area contributed by atoms with E-state index < -0.39 is 0 Å². The molecule has 1 N–H and O–H groups in total. The van der Waals surface area contributed by atoms with Crippen LogP contribution in [0.3, 0.4) is 0 Å². The zero-order chi connectivity index (χ0) is 11.7. The van der Waals surface area contributed by atoms with Gasteiger partial charge in [-0.25, -0.2) is 0 Å². The first kappa shape index (κ1) is 11.5. The number of fused-ring (bicyclic) bond motifs is 1. The maximum absolute atomic E-state index is 5.50. The molecule has 90 valence electrons. The van der Waals surface area contributed by atoms with Gasteiger partial charge in [0.15, 0.2) is 0 Å². The topological polar surface area (TPSA) is 25.2 Å². The van der Waals surface area contributed by atoms with Crippen molar-refractivity contribution in [3.8, 4) is 0 Å². The zero-order valence-corrected chi connectivity index (χ0v) is 11.8. The van der Waals surface area contributed by atoms with Gasteiger partial charge in [-0.2, -0.15) is 0 Å². The lowest BCUT2D eigenvalue weighted by Crippen LogP contribution is -2.23. The molecule has 0 aliphatic heterocycles. The largest absolute Gasteiger partial charge is 0.469 e. The SMILES string of the molecule is Brc1csc(CNC2CCCc3occc32)c1. The van der Waals surface area contributed by atoms with E-state index in [0.717, 1.165) is 13.0 Å². The van der Waals surface area contributed by atoms with Crippen LogP contribution in [0.4, 0.5) is 0 Å². The van der Waals surface area contributed by atoms with Gasteiger partial charge in [0.2, 0.25) is 0 Å². The summed E-state index contributed by atoms with van der Waals surface area (Å²) >= 11 is 5.27. The molecule has 4 heteroatoms. The summed E-state index contributed by atoms with van der Waals surface area (Å²) in [4.78, 5) is 1.37. The Morgan fingerprint density at radius 3 is 3.29 bits per heavy atom. The Morgan fingerprint density at radius 1 is 1.53 bits per heavy atom. The molecule has 1 aliphatic carbocycles. The maximum Gasteiger partial charge on any atom is 0.108 e. The molecule has 1 aliphatic rings. The molecule has 1 atom stereocenters. The van der Waals surface area contributed by atoms with Crippen molar-refractivity contribution in [2.75, 3.05) is 0 Å². The Hall–Kier alpha value is -0.580. The Bertz CT molecular complexity index is 505. The molecule has 17 heavy (non-hydrogen) atoms. The van der Waals surface area contributed by atoms with E-state index in [4.69, 9.17) is 4.42 Å². The first-order chi connectivity index (χ1) is 8.33. The summed E-state index contributed by atoms with van der Waals surface area (Å²) < 4.78 is 6.67. The fraction of sp³-hybridized carbons (Fsp3) is 0.385. The number of nitrogens with one attached hydrogen (secondary N) is 1. The molecule has 0 saturated carbocycles. The number of hydrogen-bond acceptors (Lipinski definition) is 3. The minimum Gasteiger partial charge on any atom is -0.469 e. The van der Waals surface area contributed by atoms with E-state index in [2.05, 4.69) is 38.8 Å². The monoisotopic (exact) mass is 311 g/mol. The minimum absolute atomic E-state index is 0.457. The molecule has 0 saturated heterocycles. The number of furan rings is 1. The molecule has 2 aromatic rings. The van der Waals surface area contributed by atoms with Crippen molar-refractivity contribution in [3.05, 3.63) is 44.4 Å². The summed E-state index contributed by atoms with van der Waals surface area (Å²) in [5.41, 5.74) is 1.35. The van der Waals surface area contributed by atoms with Crippen LogP contribution in [0.25, 0.3) is 0 Å². The highest BCUT2D eigenvalue weighted by molar-refractivity contribution is 9.10. The van der Waals surface area contributed by atoms with Gasteiger partial charge < -0.3 is 9.73 Å². The lowest BCUT2D eigenvalue weighted by molar-refractivity contribution is 0.412. The van der Waals surface area contributed by atoms with Gasteiger partial charge >= 0.3 is 0 Å². The third kappa shape index (κ3) is 2.49. The highest BCUT2D eigenvalue weighted by Crippen LogP contribution is 2.31. The molecule has 0 bridgehead atoms. The number of hydrogen-bond donors (Lipinski definition) is 1. The number of aryl methyl sites for hydroxylation is 1. The summed E-state index contributed by atoms with van der Waals surface area (Å²) in [6.07, 6.45) is 5.32. The van der Waals surface area contributed by atoms with E-state index >= 15 is 0 Å². The highest BCUT2D eigenvalue weighted by Gasteiger charge is 2.21. The van der Waals surface area contributed by atoms with Crippen LogP contribution in [0.5, 0.6) is 0 Å². The van der Waals surface area contributed by atoms with Crippen molar-refractivity contribution < 1.29 is 4.42 Å². The normalized spacial score (nSPS) is 19.2. The first-order valence-corrected chi connectivity index (χ1v) is 7.53. The Morgan fingerprint density at radius 2 is 2.47 bits per heavy atom.